The molecule has 0 aliphatic heterocycles. The highest BCUT2D eigenvalue weighted by Gasteiger charge is 2.16. The predicted molar refractivity (Wildman–Crippen MR) is 58.1 cm³/mol. The molecule has 0 radical (unpaired) electrons. The minimum Gasteiger partial charge on any atom is -0.380 e. The minimum absolute atomic E-state index is 0.423. The Morgan fingerprint density at radius 2 is 2.00 bits per heavy atom. The molecule has 14 heavy (non-hydrogen) atoms. The quantitative estimate of drug-likeness (QED) is 0.912. The lowest BCUT2D eigenvalue weighted by molar-refractivity contribution is 0.209. The Balaban J connectivity index is 2.34. The van der Waals surface area contributed by atoms with Gasteiger partial charge in [-0.15, -0.1) is 0 Å². The van der Waals surface area contributed by atoms with Crippen LogP contribution < -0.4 is 0 Å². The summed E-state index contributed by atoms with van der Waals surface area (Å²) in [6.07, 6.45) is 2.48. The SMILES string of the molecule is OC(c1ncccn1)c1cscc1Br. The molecular formula is C9H7BrN2OS. The molecule has 0 aliphatic rings. The van der Waals surface area contributed by atoms with Gasteiger partial charge in [-0.3, -0.25) is 0 Å². The van der Waals surface area contributed by atoms with Gasteiger partial charge in [0.15, 0.2) is 5.82 Å². The molecule has 0 aromatic carbocycles. The molecule has 2 heterocycles. The monoisotopic (exact) mass is 270 g/mol. The Bertz CT molecular complexity index is 418. The van der Waals surface area contributed by atoms with Gasteiger partial charge in [0, 0.05) is 27.8 Å². The average Bonchev–Trinajstić information content (AvgIpc) is 2.65. The van der Waals surface area contributed by atoms with Crippen LogP contribution in [-0.4, -0.2) is 15.1 Å². The maximum Gasteiger partial charge on any atom is 0.161 e. The van der Waals surface area contributed by atoms with Gasteiger partial charge in [0.2, 0.25) is 0 Å². The molecular weight excluding hydrogens is 264 g/mol. The van der Waals surface area contributed by atoms with E-state index < -0.39 is 6.10 Å². The minimum atomic E-state index is -0.753. The van der Waals surface area contributed by atoms with E-state index in [1.165, 1.54) is 11.3 Å². The summed E-state index contributed by atoms with van der Waals surface area (Å²) >= 11 is 4.89. The van der Waals surface area contributed by atoms with Crippen molar-refractivity contribution in [2.75, 3.05) is 0 Å². The molecule has 2 aromatic rings. The first kappa shape index (κ1) is 9.76. The summed E-state index contributed by atoms with van der Waals surface area (Å²) in [6, 6.07) is 1.72. The van der Waals surface area contributed by atoms with Crippen molar-refractivity contribution in [1.82, 2.24) is 9.97 Å². The maximum atomic E-state index is 9.91. The molecule has 0 saturated heterocycles. The second kappa shape index (κ2) is 4.16. The molecule has 72 valence electrons. The van der Waals surface area contributed by atoms with Crippen molar-refractivity contribution >= 4 is 27.3 Å². The molecule has 0 aliphatic carbocycles. The van der Waals surface area contributed by atoms with Gasteiger partial charge in [0.1, 0.15) is 6.10 Å². The van der Waals surface area contributed by atoms with Crippen molar-refractivity contribution < 1.29 is 5.11 Å². The summed E-state index contributed by atoms with van der Waals surface area (Å²) in [4.78, 5) is 8.00. The van der Waals surface area contributed by atoms with Gasteiger partial charge in [0.25, 0.3) is 0 Å². The number of thiophene rings is 1. The summed E-state index contributed by atoms with van der Waals surface area (Å²) in [5.41, 5.74) is 0.807. The average molecular weight is 271 g/mol. The van der Waals surface area contributed by atoms with Crippen LogP contribution in [0, 0.1) is 0 Å². The maximum absolute atomic E-state index is 9.91. The van der Waals surface area contributed by atoms with E-state index in [4.69, 9.17) is 0 Å². The smallest absolute Gasteiger partial charge is 0.161 e. The molecule has 2 aromatic heterocycles. The second-order valence-electron chi connectivity index (χ2n) is 2.68. The lowest BCUT2D eigenvalue weighted by atomic mass is 10.2. The van der Waals surface area contributed by atoms with Crippen LogP contribution in [0.25, 0.3) is 0 Å². The molecule has 0 fully saturated rings. The topological polar surface area (TPSA) is 46.0 Å². The number of aliphatic hydroxyl groups is 1. The van der Waals surface area contributed by atoms with Crippen LogP contribution >= 0.6 is 27.3 Å². The fourth-order valence-corrected chi connectivity index (χ4v) is 2.61. The third kappa shape index (κ3) is 1.84. The first-order valence-corrected chi connectivity index (χ1v) is 5.69. The van der Waals surface area contributed by atoms with Crippen molar-refractivity contribution in [3.05, 3.63) is 45.1 Å². The van der Waals surface area contributed by atoms with E-state index in [1.807, 2.05) is 10.8 Å². The van der Waals surface area contributed by atoms with Crippen LogP contribution in [0.3, 0.4) is 0 Å². The van der Waals surface area contributed by atoms with Gasteiger partial charge in [-0.05, 0) is 27.4 Å². The highest BCUT2D eigenvalue weighted by atomic mass is 79.9. The Morgan fingerprint density at radius 3 is 2.57 bits per heavy atom. The number of hydrogen-bond donors (Lipinski definition) is 1. The van der Waals surface area contributed by atoms with Gasteiger partial charge in [-0.1, -0.05) is 0 Å². The van der Waals surface area contributed by atoms with Crippen LogP contribution in [-0.2, 0) is 0 Å². The van der Waals surface area contributed by atoms with E-state index in [9.17, 15) is 5.11 Å². The molecule has 0 spiro atoms. The van der Waals surface area contributed by atoms with Gasteiger partial charge in [-0.2, -0.15) is 11.3 Å². The normalized spacial score (nSPS) is 12.7. The van der Waals surface area contributed by atoms with Crippen molar-refractivity contribution in [3.63, 3.8) is 0 Å². The van der Waals surface area contributed by atoms with Gasteiger partial charge in [0.05, 0.1) is 0 Å². The molecule has 1 atom stereocenters. The number of aromatic nitrogens is 2. The summed E-state index contributed by atoms with van der Waals surface area (Å²) in [6.45, 7) is 0. The van der Waals surface area contributed by atoms with Crippen LogP contribution in [0.2, 0.25) is 0 Å². The first-order chi connectivity index (χ1) is 6.79. The standard InChI is InChI=1S/C9H7BrN2OS/c10-7-5-14-4-6(7)8(13)9-11-2-1-3-12-9/h1-5,8,13H. The molecule has 1 N–H and O–H groups in total. The van der Waals surface area contributed by atoms with E-state index in [0.717, 1.165) is 10.0 Å². The molecule has 0 saturated carbocycles. The van der Waals surface area contributed by atoms with Crippen molar-refractivity contribution in [2.24, 2.45) is 0 Å². The highest BCUT2D eigenvalue weighted by molar-refractivity contribution is 9.10. The van der Waals surface area contributed by atoms with Crippen LogP contribution in [0.4, 0.5) is 0 Å². The number of hydrogen-bond acceptors (Lipinski definition) is 4. The Hall–Kier alpha value is -0.780. The molecule has 0 bridgehead atoms. The predicted octanol–water partition coefficient (Wildman–Crippen LogP) is 2.38. The Morgan fingerprint density at radius 1 is 1.29 bits per heavy atom. The van der Waals surface area contributed by atoms with Crippen molar-refractivity contribution in [1.29, 1.82) is 0 Å². The third-order valence-corrected chi connectivity index (χ3v) is 3.52. The molecule has 5 heteroatoms. The zero-order valence-corrected chi connectivity index (χ0v) is 9.49. The van der Waals surface area contributed by atoms with Crippen molar-refractivity contribution in [2.45, 2.75) is 6.10 Å². The number of aliphatic hydroxyl groups excluding tert-OH is 1. The van der Waals surface area contributed by atoms with Crippen LogP contribution in [0.15, 0.2) is 33.7 Å². The van der Waals surface area contributed by atoms with Crippen molar-refractivity contribution in [3.8, 4) is 0 Å². The van der Waals surface area contributed by atoms with Gasteiger partial charge in [-0.25, -0.2) is 9.97 Å². The summed E-state index contributed by atoms with van der Waals surface area (Å²) in [5, 5.41) is 13.7. The van der Waals surface area contributed by atoms with E-state index in [2.05, 4.69) is 25.9 Å². The van der Waals surface area contributed by atoms with E-state index in [0.29, 0.717) is 5.82 Å². The zero-order chi connectivity index (χ0) is 9.97. The van der Waals surface area contributed by atoms with Gasteiger partial charge < -0.3 is 5.11 Å². The first-order valence-electron chi connectivity index (χ1n) is 3.95. The summed E-state index contributed by atoms with van der Waals surface area (Å²) in [5.74, 6) is 0.423. The number of halogens is 1. The fraction of sp³-hybridized carbons (Fsp3) is 0.111. The van der Waals surface area contributed by atoms with Crippen LogP contribution in [0.1, 0.15) is 17.5 Å². The fourth-order valence-electron chi connectivity index (χ4n) is 1.08. The molecule has 3 nitrogen and oxygen atoms in total. The molecule has 1 unspecified atom stereocenters. The number of rotatable bonds is 2. The summed E-state index contributed by atoms with van der Waals surface area (Å²) < 4.78 is 0.891. The second-order valence-corrected chi connectivity index (χ2v) is 4.28. The third-order valence-electron chi connectivity index (χ3n) is 1.77. The molecule has 0 amide bonds. The van der Waals surface area contributed by atoms with E-state index in [1.54, 1.807) is 18.5 Å². The Labute approximate surface area is 93.6 Å². The number of nitrogens with zero attached hydrogens (tertiary/aromatic N) is 2. The van der Waals surface area contributed by atoms with Crippen LogP contribution in [0.5, 0.6) is 0 Å². The largest absolute Gasteiger partial charge is 0.380 e. The summed E-state index contributed by atoms with van der Waals surface area (Å²) in [7, 11) is 0. The van der Waals surface area contributed by atoms with E-state index >= 15 is 0 Å². The Kier molecular flexibility index (Phi) is 2.90. The lowest BCUT2D eigenvalue weighted by Crippen LogP contribution is -2.03. The lowest BCUT2D eigenvalue weighted by Gasteiger charge is -2.07. The highest BCUT2D eigenvalue weighted by Crippen LogP contribution is 2.29. The molecule has 2 rings (SSSR count). The zero-order valence-electron chi connectivity index (χ0n) is 7.09. The van der Waals surface area contributed by atoms with E-state index in [-0.39, 0.29) is 0 Å². The van der Waals surface area contributed by atoms with Gasteiger partial charge >= 0.3 is 0 Å².